The summed E-state index contributed by atoms with van der Waals surface area (Å²) in [5.41, 5.74) is 0. The van der Waals surface area contributed by atoms with Crippen LogP contribution in [0.25, 0.3) is 0 Å². The predicted octanol–water partition coefficient (Wildman–Crippen LogP) is 0.719. The maximum absolute atomic E-state index is 11.9. The molecular formula is C6H8F2N2O. The SMILES string of the molecule is Cn1ccnc1C(O)C(F)F. The molecule has 0 aliphatic heterocycles. The van der Waals surface area contributed by atoms with Gasteiger partial charge in [-0.1, -0.05) is 0 Å². The van der Waals surface area contributed by atoms with Gasteiger partial charge in [-0.05, 0) is 0 Å². The molecule has 0 saturated heterocycles. The van der Waals surface area contributed by atoms with Crippen molar-refractivity contribution < 1.29 is 13.9 Å². The van der Waals surface area contributed by atoms with Gasteiger partial charge in [0.1, 0.15) is 5.82 Å². The van der Waals surface area contributed by atoms with Gasteiger partial charge in [0.25, 0.3) is 6.43 Å². The van der Waals surface area contributed by atoms with Crippen molar-refractivity contribution in [2.24, 2.45) is 7.05 Å². The van der Waals surface area contributed by atoms with E-state index in [0.717, 1.165) is 0 Å². The van der Waals surface area contributed by atoms with Gasteiger partial charge >= 0.3 is 0 Å². The lowest BCUT2D eigenvalue weighted by Gasteiger charge is -2.07. The number of imidazole rings is 1. The van der Waals surface area contributed by atoms with E-state index in [1.807, 2.05) is 0 Å². The van der Waals surface area contributed by atoms with Gasteiger partial charge in [0, 0.05) is 19.4 Å². The van der Waals surface area contributed by atoms with Crippen LogP contribution in [0.15, 0.2) is 12.4 Å². The largest absolute Gasteiger partial charge is 0.379 e. The maximum Gasteiger partial charge on any atom is 0.271 e. The zero-order valence-corrected chi connectivity index (χ0v) is 5.91. The van der Waals surface area contributed by atoms with Gasteiger partial charge in [0.05, 0.1) is 0 Å². The lowest BCUT2D eigenvalue weighted by molar-refractivity contribution is -0.0123. The average molecular weight is 162 g/mol. The topological polar surface area (TPSA) is 38.0 Å². The van der Waals surface area contributed by atoms with Crippen LogP contribution in [0, 0.1) is 0 Å². The number of aliphatic hydroxyl groups excluding tert-OH is 1. The number of nitrogens with zero attached hydrogens (tertiary/aromatic N) is 2. The van der Waals surface area contributed by atoms with Gasteiger partial charge in [-0.25, -0.2) is 13.8 Å². The average Bonchev–Trinajstić information content (AvgIpc) is 2.33. The number of aryl methyl sites for hydroxylation is 1. The van der Waals surface area contributed by atoms with Crippen molar-refractivity contribution in [3.05, 3.63) is 18.2 Å². The van der Waals surface area contributed by atoms with E-state index in [0.29, 0.717) is 0 Å². The van der Waals surface area contributed by atoms with Crippen molar-refractivity contribution in [3.63, 3.8) is 0 Å². The van der Waals surface area contributed by atoms with Crippen molar-refractivity contribution >= 4 is 0 Å². The van der Waals surface area contributed by atoms with Gasteiger partial charge in [0.15, 0.2) is 6.10 Å². The number of aromatic nitrogens is 2. The Bertz CT molecular complexity index is 236. The molecule has 0 aliphatic carbocycles. The first-order chi connectivity index (χ1) is 5.13. The van der Waals surface area contributed by atoms with Crippen molar-refractivity contribution in [3.8, 4) is 0 Å². The van der Waals surface area contributed by atoms with E-state index >= 15 is 0 Å². The molecule has 0 aromatic carbocycles. The highest BCUT2D eigenvalue weighted by Gasteiger charge is 2.22. The minimum absolute atomic E-state index is 0.0139. The van der Waals surface area contributed by atoms with E-state index in [9.17, 15) is 8.78 Å². The summed E-state index contributed by atoms with van der Waals surface area (Å²) in [6, 6.07) is 0. The molecule has 1 atom stereocenters. The van der Waals surface area contributed by atoms with Crippen LogP contribution in [-0.4, -0.2) is 21.1 Å². The Kier molecular flexibility index (Phi) is 2.19. The minimum Gasteiger partial charge on any atom is -0.379 e. The summed E-state index contributed by atoms with van der Waals surface area (Å²) in [6.45, 7) is 0. The maximum atomic E-state index is 11.9. The van der Waals surface area contributed by atoms with Crippen LogP contribution in [0.4, 0.5) is 8.78 Å². The molecule has 0 bridgehead atoms. The van der Waals surface area contributed by atoms with E-state index < -0.39 is 12.5 Å². The smallest absolute Gasteiger partial charge is 0.271 e. The molecule has 11 heavy (non-hydrogen) atoms. The van der Waals surface area contributed by atoms with Gasteiger partial charge in [-0.15, -0.1) is 0 Å². The van der Waals surface area contributed by atoms with Gasteiger partial charge in [0.2, 0.25) is 0 Å². The molecule has 62 valence electrons. The molecule has 0 aliphatic rings. The van der Waals surface area contributed by atoms with E-state index in [1.165, 1.54) is 17.0 Å². The lowest BCUT2D eigenvalue weighted by Crippen LogP contribution is -2.13. The molecule has 0 fully saturated rings. The summed E-state index contributed by atoms with van der Waals surface area (Å²) in [5, 5.41) is 8.83. The second-order valence-corrected chi connectivity index (χ2v) is 2.18. The fraction of sp³-hybridized carbons (Fsp3) is 0.500. The first-order valence-electron chi connectivity index (χ1n) is 3.06. The fourth-order valence-corrected chi connectivity index (χ4v) is 0.775. The van der Waals surface area contributed by atoms with Crippen LogP contribution in [0.5, 0.6) is 0 Å². The fourth-order valence-electron chi connectivity index (χ4n) is 0.775. The van der Waals surface area contributed by atoms with Crippen LogP contribution in [-0.2, 0) is 7.05 Å². The Hall–Kier alpha value is -0.970. The second kappa shape index (κ2) is 2.96. The van der Waals surface area contributed by atoms with E-state index in [1.54, 1.807) is 7.05 Å². The molecule has 5 heteroatoms. The number of hydrogen-bond donors (Lipinski definition) is 1. The molecule has 0 saturated carbocycles. The molecule has 1 unspecified atom stereocenters. The van der Waals surface area contributed by atoms with Crippen LogP contribution in [0.3, 0.4) is 0 Å². The lowest BCUT2D eigenvalue weighted by atomic mass is 10.3. The summed E-state index contributed by atoms with van der Waals surface area (Å²) >= 11 is 0. The molecule has 1 aromatic heterocycles. The Labute approximate surface area is 62.3 Å². The monoisotopic (exact) mass is 162 g/mol. The van der Waals surface area contributed by atoms with Gasteiger partial charge < -0.3 is 9.67 Å². The van der Waals surface area contributed by atoms with E-state index in [-0.39, 0.29) is 5.82 Å². The molecule has 1 rings (SSSR count). The first-order valence-corrected chi connectivity index (χ1v) is 3.06. The number of alkyl halides is 2. The molecule has 1 heterocycles. The molecule has 3 nitrogen and oxygen atoms in total. The molecule has 0 amide bonds. The highest BCUT2D eigenvalue weighted by molar-refractivity contribution is 4.96. The number of rotatable bonds is 2. The third-order valence-electron chi connectivity index (χ3n) is 1.36. The summed E-state index contributed by atoms with van der Waals surface area (Å²) in [4.78, 5) is 3.57. The summed E-state index contributed by atoms with van der Waals surface area (Å²) < 4.78 is 25.1. The Morgan fingerprint density at radius 1 is 1.64 bits per heavy atom. The Morgan fingerprint density at radius 2 is 2.27 bits per heavy atom. The van der Waals surface area contributed by atoms with Crippen LogP contribution >= 0.6 is 0 Å². The number of hydrogen-bond acceptors (Lipinski definition) is 2. The van der Waals surface area contributed by atoms with Gasteiger partial charge in [-0.3, -0.25) is 0 Å². The van der Waals surface area contributed by atoms with Crippen LogP contribution < -0.4 is 0 Å². The molecule has 0 radical (unpaired) electrons. The summed E-state index contributed by atoms with van der Waals surface area (Å²) in [6.07, 6.45) is -1.70. The highest BCUT2D eigenvalue weighted by atomic mass is 19.3. The first kappa shape index (κ1) is 8.13. The van der Waals surface area contributed by atoms with E-state index in [2.05, 4.69) is 4.98 Å². The van der Waals surface area contributed by atoms with Crippen molar-refractivity contribution in [2.45, 2.75) is 12.5 Å². The molecule has 0 spiro atoms. The van der Waals surface area contributed by atoms with E-state index in [4.69, 9.17) is 5.11 Å². The predicted molar refractivity (Wildman–Crippen MR) is 34.2 cm³/mol. The number of aliphatic hydroxyl groups is 1. The van der Waals surface area contributed by atoms with Crippen molar-refractivity contribution in [1.82, 2.24) is 9.55 Å². The Balaban J connectivity index is 2.84. The quantitative estimate of drug-likeness (QED) is 0.695. The number of halogens is 2. The van der Waals surface area contributed by atoms with Crippen molar-refractivity contribution in [1.29, 1.82) is 0 Å². The van der Waals surface area contributed by atoms with Crippen molar-refractivity contribution in [2.75, 3.05) is 0 Å². The summed E-state index contributed by atoms with van der Waals surface area (Å²) in [5.74, 6) is -0.0139. The normalized spacial score (nSPS) is 13.9. The minimum atomic E-state index is -2.78. The summed E-state index contributed by atoms with van der Waals surface area (Å²) in [7, 11) is 1.55. The zero-order chi connectivity index (χ0) is 8.43. The third-order valence-corrected chi connectivity index (χ3v) is 1.36. The highest BCUT2D eigenvalue weighted by Crippen LogP contribution is 2.17. The standard InChI is InChI=1S/C6H8F2N2O/c1-10-3-2-9-6(10)4(11)5(7)8/h2-5,11H,1H3. The third kappa shape index (κ3) is 1.54. The Morgan fingerprint density at radius 3 is 2.64 bits per heavy atom. The second-order valence-electron chi connectivity index (χ2n) is 2.18. The van der Waals surface area contributed by atoms with Crippen LogP contribution in [0.2, 0.25) is 0 Å². The molecule has 1 N–H and O–H groups in total. The van der Waals surface area contributed by atoms with Gasteiger partial charge in [-0.2, -0.15) is 0 Å². The zero-order valence-electron chi connectivity index (χ0n) is 5.91. The van der Waals surface area contributed by atoms with Crippen LogP contribution in [0.1, 0.15) is 11.9 Å². The molecular weight excluding hydrogens is 154 g/mol. The molecule has 1 aromatic rings.